The van der Waals surface area contributed by atoms with Gasteiger partial charge in [0, 0.05) is 44.5 Å². The average Bonchev–Trinajstić information content (AvgIpc) is 2.93. The van der Waals surface area contributed by atoms with Crippen molar-refractivity contribution in [3.8, 4) is 11.8 Å². The number of carbonyl (C=O) groups excluding carboxylic acids is 1. The molecule has 0 radical (unpaired) electrons. The van der Waals surface area contributed by atoms with Crippen LogP contribution in [0, 0.1) is 5.41 Å². The maximum absolute atomic E-state index is 12.1. The van der Waals surface area contributed by atoms with Crippen LogP contribution in [0.25, 0.3) is 0 Å². The van der Waals surface area contributed by atoms with Crippen LogP contribution in [0.4, 0.5) is 0 Å². The molecule has 3 rings (SSSR count). The van der Waals surface area contributed by atoms with Crippen LogP contribution in [0.2, 0.25) is 0 Å². The van der Waals surface area contributed by atoms with E-state index in [1.807, 2.05) is 29.2 Å². The summed E-state index contributed by atoms with van der Waals surface area (Å²) in [6.07, 6.45) is 3.86. The third kappa shape index (κ3) is 5.26. The van der Waals surface area contributed by atoms with Crippen molar-refractivity contribution in [2.24, 2.45) is 5.41 Å². The minimum Gasteiger partial charge on any atom is -0.424 e. The molecule has 0 saturated carbocycles. The van der Waals surface area contributed by atoms with Gasteiger partial charge in [-0.15, -0.1) is 0 Å². The van der Waals surface area contributed by atoms with Crippen LogP contribution in [0.1, 0.15) is 32.8 Å². The highest BCUT2D eigenvalue weighted by molar-refractivity contribution is 5.79. The number of amides is 1. The molecule has 6 heteroatoms. The van der Waals surface area contributed by atoms with Crippen molar-refractivity contribution >= 4 is 5.91 Å². The highest BCUT2D eigenvalue weighted by atomic mass is 16.5. The van der Waals surface area contributed by atoms with Gasteiger partial charge in [0.15, 0.2) is 0 Å². The third-order valence-electron chi connectivity index (χ3n) is 4.15. The number of likely N-dealkylation sites (tertiary alicyclic amines) is 1. The molecule has 26 heavy (non-hydrogen) atoms. The molecule has 1 N–H and O–H groups in total. The maximum atomic E-state index is 12.1. The second-order valence-electron chi connectivity index (χ2n) is 7.89. The molecular formula is C20H26N4O2. The molecule has 6 nitrogen and oxygen atoms in total. The zero-order valence-corrected chi connectivity index (χ0v) is 15.6. The van der Waals surface area contributed by atoms with Gasteiger partial charge in [0.1, 0.15) is 5.75 Å². The van der Waals surface area contributed by atoms with Gasteiger partial charge in [0.05, 0.1) is 0 Å². The first-order valence-electron chi connectivity index (χ1n) is 8.94. The Labute approximate surface area is 154 Å². The largest absolute Gasteiger partial charge is 0.424 e. The third-order valence-corrected chi connectivity index (χ3v) is 4.15. The predicted octanol–water partition coefficient (Wildman–Crippen LogP) is 3.01. The number of hydrogen-bond donors (Lipinski definition) is 1. The van der Waals surface area contributed by atoms with Gasteiger partial charge in [-0.3, -0.25) is 4.79 Å². The monoisotopic (exact) mass is 354 g/mol. The minimum atomic E-state index is 0.128. The van der Waals surface area contributed by atoms with Crippen LogP contribution in [0.15, 0.2) is 42.7 Å². The fraction of sp³-hybridized carbons (Fsp3) is 0.450. The number of nitrogens with one attached hydrogen (secondary N) is 1. The van der Waals surface area contributed by atoms with Crippen LogP contribution in [0.5, 0.6) is 11.8 Å². The molecule has 1 aromatic carbocycles. The van der Waals surface area contributed by atoms with E-state index >= 15 is 0 Å². The lowest BCUT2D eigenvalue weighted by Gasteiger charge is -2.26. The van der Waals surface area contributed by atoms with Crippen LogP contribution in [-0.2, 0) is 11.3 Å². The Balaban J connectivity index is 1.49. The standard InChI is InChI=1S/C20H26N4O2/c1-20(2,3)14-24-13-16(11-18(24)25)23-12-15-5-7-17(8-6-15)26-19-21-9-4-10-22-19/h4-10,16,23H,11-14H2,1-3H3/t16-/m1/s1. The molecule has 1 aliphatic rings. The first-order chi connectivity index (χ1) is 12.4. The van der Waals surface area contributed by atoms with E-state index in [1.165, 1.54) is 0 Å². The average molecular weight is 354 g/mol. The summed E-state index contributed by atoms with van der Waals surface area (Å²) in [5, 5.41) is 3.49. The zero-order valence-electron chi connectivity index (χ0n) is 15.6. The Morgan fingerprint density at radius 2 is 1.88 bits per heavy atom. The van der Waals surface area contributed by atoms with Gasteiger partial charge in [-0.1, -0.05) is 32.9 Å². The van der Waals surface area contributed by atoms with Gasteiger partial charge in [-0.25, -0.2) is 9.97 Å². The summed E-state index contributed by atoms with van der Waals surface area (Å²) < 4.78 is 5.59. The lowest BCUT2D eigenvalue weighted by atomic mass is 9.96. The van der Waals surface area contributed by atoms with E-state index < -0.39 is 0 Å². The fourth-order valence-corrected chi connectivity index (χ4v) is 3.02. The molecule has 1 amide bonds. The highest BCUT2D eigenvalue weighted by Gasteiger charge is 2.31. The van der Waals surface area contributed by atoms with Crippen LogP contribution < -0.4 is 10.1 Å². The van der Waals surface area contributed by atoms with Crippen molar-refractivity contribution in [1.82, 2.24) is 20.2 Å². The van der Waals surface area contributed by atoms with Gasteiger partial charge in [0.2, 0.25) is 5.91 Å². The van der Waals surface area contributed by atoms with Crippen molar-refractivity contribution in [2.75, 3.05) is 13.1 Å². The molecule has 1 fully saturated rings. The molecular weight excluding hydrogens is 328 g/mol. The van der Waals surface area contributed by atoms with Gasteiger partial charge < -0.3 is 15.0 Å². The summed E-state index contributed by atoms with van der Waals surface area (Å²) in [4.78, 5) is 22.2. The molecule has 2 aromatic rings. The molecule has 0 aliphatic carbocycles. The van der Waals surface area contributed by atoms with Crippen LogP contribution >= 0.6 is 0 Å². The molecule has 0 spiro atoms. The second-order valence-corrected chi connectivity index (χ2v) is 7.89. The zero-order chi connectivity index (χ0) is 18.6. The summed E-state index contributed by atoms with van der Waals surface area (Å²) in [7, 11) is 0. The van der Waals surface area contributed by atoms with Crippen molar-refractivity contribution in [3.63, 3.8) is 0 Å². The van der Waals surface area contributed by atoms with E-state index in [1.54, 1.807) is 18.5 Å². The second kappa shape index (κ2) is 7.83. The predicted molar refractivity (Wildman–Crippen MR) is 99.8 cm³/mol. The van der Waals surface area contributed by atoms with Crippen molar-refractivity contribution in [1.29, 1.82) is 0 Å². The molecule has 1 aromatic heterocycles. The summed E-state index contributed by atoms with van der Waals surface area (Å²) in [5.41, 5.74) is 1.27. The van der Waals surface area contributed by atoms with E-state index in [-0.39, 0.29) is 17.4 Å². The summed E-state index contributed by atoms with van der Waals surface area (Å²) in [6.45, 7) is 8.78. The number of hydrogen-bond acceptors (Lipinski definition) is 5. The Morgan fingerprint density at radius 3 is 2.54 bits per heavy atom. The van der Waals surface area contributed by atoms with Crippen molar-refractivity contribution < 1.29 is 9.53 Å². The van der Waals surface area contributed by atoms with E-state index in [2.05, 4.69) is 36.1 Å². The minimum absolute atomic E-state index is 0.128. The molecule has 1 saturated heterocycles. The van der Waals surface area contributed by atoms with Crippen molar-refractivity contribution in [3.05, 3.63) is 48.3 Å². The quantitative estimate of drug-likeness (QED) is 0.864. The lowest BCUT2D eigenvalue weighted by molar-refractivity contribution is -0.128. The normalized spacial score (nSPS) is 17.6. The summed E-state index contributed by atoms with van der Waals surface area (Å²) >= 11 is 0. The Bertz CT molecular complexity index is 726. The molecule has 0 bridgehead atoms. The topological polar surface area (TPSA) is 67.3 Å². The number of ether oxygens (including phenoxy) is 1. The van der Waals surface area contributed by atoms with E-state index in [4.69, 9.17) is 4.74 Å². The fourth-order valence-electron chi connectivity index (χ4n) is 3.02. The Hall–Kier alpha value is -2.47. The number of aromatic nitrogens is 2. The molecule has 138 valence electrons. The first kappa shape index (κ1) is 18.3. The number of benzene rings is 1. The van der Waals surface area contributed by atoms with E-state index in [0.717, 1.165) is 25.2 Å². The maximum Gasteiger partial charge on any atom is 0.321 e. The van der Waals surface area contributed by atoms with Gasteiger partial charge in [0.25, 0.3) is 0 Å². The number of nitrogens with zero attached hydrogens (tertiary/aromatic N) is 3. The first-order valence-corrected chi connectivity index (χ1v) is 8.94. The van der Waals surface area contributed by atoms with Crippen LogP contribution in [-0.4, -0.2) is 39.9 Å². The smallest absolute Gasteiger partial charge is 0.321 e. The summed E-state index contributed by atoms with van der Waals surface area (Å²) in [6, 6.07) is 10.1. The Kier molecular flexibility index (Phi) is 5.52. The molecule has 0 unspecified atom stereocenters. The van der Waals surface area contributed by atoms with Gasteiger partial charge in [-0.2, -0.15) is 0 Å². The van der Waals surface area contributed by atoms with E-state index in [0.29, 0.717) is 18.2 Å². The molecule has 1 aliphatic heterocycles. The van der Waals surface area contributed by atoms with Gasteiger partial charge in [-0.05, 0) is 29.2 Å². The van der Waals surface area contributed by atoms with Crippen molar-refractivity contribution in [2.45, 2.75) is 39.8 Å². The molecule has 2 heterocycles. The Morgan fingerprint density at radius 1 is 1.19 bits per heavy atom. The number of rotatable bonds is 6. The number of carbonyl (C=O) groups is 1. The molecule has 1 atom stereocenters. The van der Waals surface area contributed by atoms with Gasteiger partial charge >= 0.3 is 6.01 Å². The van der Waals surface area contributed by atoms with Crippen LogP contribution in [0.3, 0.4) is 0 Å². The SMILES string of the molecule is CC(C)(C)CN1C[C@H](NCc2ccc(Oc3ncccn3)cc2)CC1=O. The lowest BCUT2D eigenvalue weighted by Crippen LogP contribution is -2.36. The summed E-state index contributed by atoms with van der Waals surface area (Å²) in [5.74, 6) is 0.941. The van der Waals surface area contributed by atoms with E-state index in [9.17, 15) is 4.79 Å². The highest BCUT2D eigenvalue weighted by Crippen LogP contribution is 2.21.